The fraction of sp³-hybridized carbons (Fsp3) is 0.0588. The van der Waals surface area contributed by atoms with Crippen LogP contribution in [0.1, 0.15) is 16.1 Å². The maximum absolute atomic E-state index is 13.1. The SMILES string of the molecule is Cn1nc(C(=O)N/N=C/c2cccc(F)c2)c2ccccc2c1=O. The molecule has 0 saturated heterocycles. The van der Waals surface area contributed by atoms with Crippen LogP contribution in [0.5, 0.6) is 0 Å². The van der Waals surface area contributed by atoms with E-state index >= 15 is 0 Å². The van der Waals surface area contributed by atoms with E-state index in [0.717, 1.165) is 4.68 Å². The molecule has 0 spiro atoms. The Bertz CT molecular complexity index is 1010. The lowest BCUT2D eigenvalue weighted by molar-refractivity contribution is 0.0950. The van der Waals surface area contributed by atoms with E-state index in [0.29, 0.717) is 16.3 Å². The highest BCUT2D eigenvalue weighted by Crippen LogP contribution is 2.12. The van der Waals surface area contributed by atoms with Crippen molar-refractivity contribution in [2.24, 2.45) is 12.1 Å². The van der Waals surface area contributed by atoms with Gasteiger partial charge in [-0.25, -0.2) is 14.5 Å². The second-order valence-corrected chi connectivity index (χ2v) is 5.08. The zero-order valence-corrected chi connectivity index (χ0v) is 12.7. The molecule has 3 aromatic rings. The van der Waals surface area contributed by atoms with Crippen molar-refractivity contribution in [1.29, 1.82) is 0 Å². The van der Waals surface area contributed by atoms with Gasteiger partial charge in [-0.2, -0.15) is 10.2 Å². The number of aromatic nitrogens is 2. The van der Waals surface area contributed by atoms with Gasteiger partial charge in [-0.3, -0.25) is 9.59 Å². The van der Waals surface area contributed by atoms with Crippen molar-refractivity contribution in [1.82, 2.24) is 15.2 Å². The van der Waals surface area contributed by atoms with Crippen molar-refractivity contribution >= 4 is 22.9 Å². The average Bonchev–Trinajstić information content (AvgIpc) is 2.58. The molecule has 0 atom stereocenters. The predicted molar refractivity (Wildman–Crippen MR) is 88.4 cm³/mol. The average molecular weight is 324 g/mol. The largest absolute Gasteiger partial charge is 0.292 e. The van der Waals surface area contributed by atoms with Crippen LogP contribution in [0.2, 0.25) is 0 Å². The summed E-state index contributed by atoms with van der Waals surface area (Å²) in [5.74, 6) is -0.953. The van der Waals surface area contributed by atoms with Crippen LogP contribution in [-0.4, -0.2) is 21.9 Å². The summed E-state index contributed by atoms with van der Waals surface area (Å²) in [6.45, 7) is 0. The zero-order chi connectivity index (χ0) is 17.1. The summed E-state index contributed by atoms with van der Waals surface area (Å²) in [6.07, 6.45) is 1.32. The predicted octanol–water partition coefficient (Wildman–Crippen LogP) is 1.84. The number of amides is 1. The number of hydrazone groups is 1. The first kappa shape index (κ1) is 15.5. The molecule has 7 heteroatoms. The van der Waals surface area contributed by atoms with Crippen LogP contribution >= 0.6 is 0 Å². The van der Waals surface area contributed by atoms with E-state index in [4.69, 9.17) is 0 Å². The fourth-order valence-corrected chi connectivity index (χ4v) is 2.27. The van der Waals surface area contributed by atoms with Crippen LogP contribution < -0.4 is 11.0 Å². The zero-order valence-electron chi connectivity index (χ0n) is 12.7. The number of rotatable bonds is 3. The van der Waals surface area contributed by atoms with Crippen molar-refractivity contribution in [3.05, 3.63) is 76.0 Å². The second kappa shape index (κ2) is 6.41. The van der Waals surface area contributed by atoms with E-state index in [-0.39, 0.29) is 11.3 Å². The van der Waals surface area contributed by atoms with Crippen molar-refractivity contribution in [3.8, 4) is 0 Å². The Morgan fingerprint density at radius 3 is 2.71 bits per heavy atom. The topological polar surface area (TPSA) is 76.3 Å². The molecule has 0 aliphatic carbocycles. The summed E-state index contributed by atoms with van der Waals surface area (Å²) in [5, 5.41) is 8.64. The summed E-state index contributed by atoms with van der Waals surface area (Å²) in [5.41, 5.74) is 2.64. The molecule has 6 nitrogen and oxygen atoms in total. The third-order valence-corrected chi connectivity index (χ3v) is 3.40. The minimum absolute atomic E-state index is 0.0871. The molecule has 1 amide bonds. The Morgan fingerprint density at radius 1 is 1.21 bits per heavy atom. The highest BCUT2D eigenvalue weighted by molar-refractivity contribution is 6.04. The van der Waals surface area contributed by atoms with Gasteiger partial charge in [-0.1, -0.05) is 30.3 Å². The van der Waals surface area contributed by atoms with Gasteiger partial charge in [0.2, 0.25) is 0 Å². The van der Waals surface area contributed by atoms with E-state index in [1.807, 2.05) is 0 Å². The molecule has 1 N–H and O–H groups in total. The third-order valence-electron chi connectivity index (χ3n) is 3.40. The summed E-state index contributed by atoms with van der Waals surface area (Å²) in [4.78, 5) is 24.3. The monoisotopic (exact) mass is 324 g/mol. The van der Waals surface area contributed by atoms with Gasteiger partial charge in [0, 0.05) is 12.4 Å². The van der Waals surface area contributed by atoms with Crippen LogP contribution in [0.3, 0.4) is 0 Å². The molecule has 3 rings (SSSR count). The molecule has 1 aromatic heterocycles. The lowest BCUT2D eigenvalue weighted by Crippen LogP contribution is -2.27. The van der Waals surface area contributed by atoms with Crippen LogP contribution in [0.15, 0.2) is 58.4 Å². The van der Waals surface area contributed by atoms with E-state index < -0.39 is 11.7 Å². The van der Waals surface area contributed by atoms with Crippen molar-refractivity contribution in [2.45, 2.75) is 0 Å². The van der Waals surface area contributed by atoms with Gasteiger partial charge in [-0.15, -0.1) is 0 Å². The van der Waals surface area contributed by atoms with Gasteiger partial charge in [0.25, 0.3) is 11.5 Å². The fourth-order valence-electron chi connectivity index (χ4n) is 2.27. The molecular formula is C17H13FN4O2. The Hall–Kier alpha value is -3.35. The summed E-state index contributed by atoms with van der Waals surface area (Å²) in [6, 6.07) is 12.5. The lowest BCUT2D eigenvalue weighted by atomic mass is 10.1. The number of halogens is 1. The van der Waals surface area contributed by atoms with E-state index in [1.165, 1.54) is 25.4 Å². The smallest absolute Gasteiger partial charge is 0.267 e. The third kappa shape index (κ3) is 3.05. The van der Waals surface area contributed by atoms with Gasteiger partial charge in [0.05, 0.1) is 11.6 Å². The first-order valence-electron chi connectivity index (χ1n) is 7.11. The van der Waals surface area contributed by atoms with Gasteiger partial charge in [-0.05, 0) is 23.8 Å². The van der Waals surface area contributed by atoms with E-state index in [2.05, 4.69) is 15.6 Å². The molecule has 0 fully saturated rings. The normalized spacial score (nSPS) is 11.1. The molecule has 0 aliphatic rings. The van der Waals surface area contributed by atoms with Gasteiger partial charge >= 0.3 is 0 Å². The van der Waals surface area contributed by atoms with Crippen molar-refractivity contribution in [3.63, 3.8) is 0 Å². The number of fused-ring (bicyclic) bond motifs is 1. The minimum atomic E-state index is -0.561. The van der Waals surface area contributed by atoms with Crippen LogP contribution in [-0.2, 0) is 7.05 Å². The Labute approximate surface area is 136 Å². The van der Waals surface area contributed by atoms with Gasteiger partial charge in [0.15, 0.2) is 5.69 Å². The van der Waals surface area contributed by atoms with Gasteiger partial charge < -0.3 is 0 Å². The summed E-state index contributed by atoms with van der Waals surface area (Å²) < 4.78 is 14.2. The Balaban J connectivity index is 1.89. The molecule has 0 unspecified atom stereocenters. The van der Waals surface area contributed by atoms with E-state index in [1.54, 1.807) is 36.4 Å². The quantitative estimate of drug-likeness (QED) is 0.590. The standard InChI is InChI=1S/C17H13FN4O2/c1-22-17(24)14-8-3-2-7-13(14)15(21-22)16(23)20-19-10-11-5-4-6-12(18)9-11/h2-10H,1H3,(H,20,23)/b19-10+. The molecule has 1 heterocycles. The Kier molecular flexibility index (Phi) is 4.15. The van der Waals surface area contributed by atoms with Gasteiger partial charge in [0.1, 0.15) is 5.82 Å². The number of nitrogens with one attached hydrogen (secondary N) is 1. The second-order valence-electron chi connectivity index (χ2n) is 5.08. The lowest BCUT2D eigenvalue weighted by Gasteiger charge is -2.06. The van der Waals surface area contributed by atoms with Crippen LogP contribution in [0, 0.1) is 5.82 Å². The molecule has 0 bridgehead atoms. The van der Waals surface area contributed by atoms with Crippen LogP contribution in [0.25, 0.3) is 10.8 Å². The molecular weight excluding hydrogens is 311 g/mol. The first-order chi connectivity index (χ1) is 11.6. The number of carbonyl (C=O) groups is 1. The minimum Gasteiger partial charge on any atom is -0.267 e. The van der Waals surface area contributed by atoms with E-state index in [9.17, 15) is 14.0 Å². The highest BCUT2D eigenvalue weighted by Gasteiger charge is 2.14. The number of nitrogens with zero attached hydrogens (tertiary/aromatic N) is 3. The molecule has 0 saturated carbocycles. The maximum Gasteiger partial charge on any atom is 0.292 e. The molecule has 2 aromatic carbocycles. The molecule has 24 heavy (non-hydrogen) atoms. The number of benzene rings is 2. The number of hydrogen-bond acceptors (Lipinski definition) is 4. The summed E-state index contributed by atoms with van der Waals surface area (Å²) in [7, 11) is 1.47. The highest BCUT2D eigenvalue weighted by atomic mass is 19.1. The van der Waals surface area contributed by atoms with Crippen molar-refractivity contribution < 1.29 is 9.18 Å². The number of aryl methyl sites for hydroxylation is 1. The molecule has 0 aliphatic heterocycles. The number of carbonyl (C=O) groups excluding carboxylic acids is 1. The first-order valence-corrected chi connectivity index (χ1v) is 7.11. The molecule has 120 valence electrons. The van der Waals surface area contributed by atoms with Crippen LogP contribution in [0.4, 0.5) is 4.39 Å². The summed E-state index contributed by atoms with van der Waals surface area (Å²) >= 11 is 0. The number of hydrogen-bond donors (Lipinski definition) is 1. The Morgan fingerprint density at radius 2 is 1.96 bits per heavy atom. The maximum atomic E-state index is 13.1. The molecule has 0 radical (unpaired) electrons. The van der Waals surface area contributed by atoms with Crippen molar-refractivity contribution in [2.75, 3.05) is 0 Å².